The second-order valence-electron chi connectivity index (χ2n) is 3.81. The molecule has 0 aliphatic carbocycles. The summed E-state index contributed by atoms with van der Waals surface area (Å²) in [6.45, 7) is 5.13. The number of hydrogen-bond donors (Lipinski definition) is 2. The lowest BCUT2D eigenvalue weighted by Gasteiger charge is -2.12. The number of nitrogens with one attached hydrogen (secondary N) is 1. The molecule has 3 nitrogen and oxygen atoms in total. The van der Waals surface area contributed by atoms with Crippen molar-refractivity contribution < 1.29 is 0 Å². The zero-order valence-electron chi connectivity index (χ0n) is 9.12. The molecule has 3 N–H and O–H groups in total. The van der Waals surface area contributed by atoms with Gasteiger partial charge in [0, 0.05) is 11.3 Å². The Morgan fingerprint density at radius 3 is 3.07 bits per heavy atom. The molecule has 1 aliphatic rings. The van der Waals surface area contributed by atoms with Crippen LogP contribution >= 0.6 is 11.8 Å². The molecule has 4 heteroatoms. The van der Waals surface area contributed by atoms with Gasteiger partial charge in [-0.05, 0) is 31.9 Å². The molecule has 82 valence electrons. The first-order chi connectivity index (χ1) is 6.72. The van der Waals surface area contributed by atoms with Crippen LogP contribution in [0.4, 0.5) is 0 Å². The van der Waals surface area contributed by atoms with E-state index in [-0.39, 0.29) is 0 Å². The fourth-order valence-corrected chi connectivity index (χ4v) is 2.57. The lowest BCUT2D eigenvalue weighted by molar-refractivity contribution is 0.635. The quantitative estimate of drug-likeness (QED) is 0.553. The topological polar surface area (TPSA) is 50.4 Å². The summed E-state index contributed by atoms with van der Waals surface area (Å²) in [5, 5.41) is 3.87. The number of nitrogens with zero attached hydrogens (tertiary/aromatic N) is 1. The third kappa shape index (κ3) is 4.22. The lowest BCUT2D eigenvalue weighted by atomic mass is 10.2. The van der Waals surface area contributed by atoms with Gasteiger partial charge in [0.05, 0.1) is 6.54 Å². The molecule has 0 spiro atoms. The molecular formula is C10H21N3S. The van der Waals surface area contributed by atoms with E-state index in [2.05, 4.69) is 24.2 Å². The molecular weight excluding hydrogens is 194 g/mol. The van der Waals surface area contributed by atoms with Gasteiger partial charge in [0.2, 0.25) is 0 Å². The first kappa shape index (κ1) is 11.7. The SMILES string of the molecule is CCC(C)NC(N)=NCC1CCCS1. The Morgan fingerprint density at radius 1 is 1.71 bits per heavy atom. The molecule has 0 aromatic heterocycles. The maximum Gasteiger partial charge on any atom is 0.188 e. The predicted octanol–water partition coefficient (Wildman–Crippen LogP) is 1.58. The number of thioether (sulfide) groups is 1. The Kier molecular flexibility index (Phi) is 5.15. The van der Waals surface area contributed by atoms with Crippen LogP contribution in [0.5, 0.6) is 0 Å². The van der Waals surface area contributed by atoms with E-state index in [1.807, 2.05) is 11.8 Å². The highest BCUT2D eigenvalue weighted by Crippen LogP contribution is 2.25. The van der Waals surface area contributed by atoms with Crippen molar-refractivity contribution in [1.29, 1.82) is 0 Å². The Hall–Kier alpha value is -0.380. The molecule has 2 atom stereocenters. The Morgan fingerprint density at radius 2 is 2.50 bits per heavy atom. The number of guanidine groups is 1. The molecule has 0 radical (unpaired) electrons. The van der Waals surface area contributed by atoms with Crippen LogP contribution in [0.2, 0.25) is 0 Å². The molecule has 1 fully saturated rings. The molecule has 1 saturated heterocycles. The maximum atomic E-state index is 5.76. The molecule has 0 aromatic carbocycles. The average molecular weight is 215 g/mol. The van der Waals surface area contributed by atoms with Gasteiger partial charge in [0.15, 0.2) is 5.96 Å². The summed E-state index contributed by atoms with van der Waals surface area (Å²) in [4.78, 5) is 4.36. The van der Waals surface area contributed by atoms with Crippen LogP contribution in [0.25, 0.3) is 0 Å². The lowest BCUT2D eigenvalue weighted by Crippen LogP contribution is -2.38. The van der Waals surface area contributed by atoms with Crippen molar-refractivity contribution in [2.24, 2.45) is 10.7 Å². The van der Waals surface area contributed by atoms with Gasteiger partial charge >= 0.3 is 0 Å². The van der Waals surface area contributed by atoms with Crippen molar-refractivity contribution in [3.8, 4) is 0 Å². The van der Waals surface area contributed by atoms with Gasteiger partial charge in [0.1, 0.15) is 0 Å². The van der Waals surface area contributed by atoms with Crippen LogP contribution in [0.1, 0.15) is 33.1 Å². The average Bonchev–Trinajstić information content (AvgIpc) is 2.67. The first-order valence-corrected chi connectivity index (χ1v) is 6.45. The standard InChI is InChI=1S/C10H21N3S/c1-3-8(2)13-10(11)12-7-9-5-4-6-14-9/h8-9H,3-7H2,1-2H3,(H3,11,12,13). The smallest absolute Gasteiger partial charge is 0.188 e. The van der Waals surface area contributed by atoms with E-state index in [9.17, 15) is 0 Å². The summed E-state index contributed by atoms with van der Waals surface area (Å²) < 4.78 is 0. The maximum absolute atomic E-state index is 5.76. The van der Waals surface area contributed by atoms with Gasteiger partial charge in [-0.3, -0.25) is 4.99 Å². The van der Waals surface area contributed by atoms with E-state index in [1.54, 1.807) is 0 Å². The van der Waals surface area contributed by atoms with Crippen LogP contribution in [0, 0.1) is 0 Å². The van der Waals surface area contributed by atoms with E-state index in [1.165, 1.54) is 18.6 Å². The molecule has 1 heterocycles. The first-order valence-electron chi connectivity index (χ1n) is 5.40. The van der Waals surface area contributed by atoms with Crippen molar-refractivity contribution in [3.05, 3.63) is 0 Å². The van der Waals surface area contributed by atoms with Gasteiger partial charge in [-0.1, -0.05) is 6.92 Å². The molecule has 1 aliphatic heterocycles. The van der Waals surface area contributed by atoms with Crippen molar-refractivity contribution >= 4 is 17.7 Å². The van der Waals surface area contributed by atoms with Crippen LogP contribution < -0.4 is 11.1 Å². The molecule has 0 bridgehead atoms. The largest absolute Gasteiger partial charge is 0.370 e. The second kappa shape index (κ2) is 6.17. The van der Waals surface area contributed by atoms with E-state index in [4.69, 9.17) is 5.73 Å². The number of hydrogen-bond acceptors (Lipinski definition) is 2. The second-order valence-corrected chi connectivity index (χ2v) is 5.22. The third-order valence-electron chi connectivity index (χ3n) is 2.50. The third-order valence-corrected chi connectivity index (χ3v) is 3.88. The fraction of sp³-hybridized carbons (Fsp3) is 0.900. The molecule has 0 aromatic rings. The summed E-state index contributed by atoms with van der Waals surface area (Å²) >= 11 is 2.02. The van der Waals surface area contributed by atoms with Gasteiger partial charge in [-0.25, -0.2) is 0 Å². The monoisotopic (exact) mass is 215 g/mol. The molecule has 2 unspecified atom stereocenters. The molecule has 14 heavy (non-hydrogen) atoms. The zero-order valence-corrected chi connectivity index (χ0v) is 9.94. The van der Waals surface area contributed by atoms with Crippen molar-refractivity contribution in [3.63, 3.8) is 0 Å². The molecule has 0 saturated carbocycles. The summed E-state index contributed by atoms with van der Waals surface area (Å²) in [6, 6.07) is 0.426. The van der Waals surface area contributed by atoms with Crippen molar-refractivity contribution in [1.82, 2.24) is 5.32 Å². The normalized spacial score (nSPS) is 25.0. The van der Waals surface area contributed by atoms with Crippen molar-refractivity contribution in [2.45, 2.75) is 44.4 Å². The van der Waals surface area contributed by atoms with Crippen molar-refractivity contribution in [2.75, 3.05) is 12.3 Å². The van der Waals surface area contributed by atoms with Gasteiger partial charge < -0.3 is 11.1 Å². The highest BCUT2D eigenvalue weighted by atomic mass is 32.2. The highest BCUT2D eigenvalue weighted by Gasteiger charge is 2.14. The van der Waals surface area contributed by atoms with Gasteiger partial charge in [-0.15, -0.1) is 0 Å². The summed E-state index contributed by atoms with van der Waals surface area (Å²) in [6.07, 6.45) is 3.71. The van der Waals surface area contributed by atoms with E-state index in [0.717, 1.165) is 13.0 Å². The number of aliphatic imine (C=N–C) groups is 1. The number of nitrogens with two attached hydrogens (primary N) is 1. The van der Waals surface area contributed by atoms with Gasteiger partial charge in [0.25, 0.3) is 0 Å². The van der Waals surface area contributed by atoms with E-state index in [0.29, 0.717) is 17.3 Å². The Bertz CT molecular complexity index is 188. The Balaban J connectivity index is 2.21. The minimum atomic E-state index is 0.426. The highest BCUT2D eigenvalue weighted by molar-refractivity contribution is 8.00. The summed E-state index contributed by atoms with van der Waals surface area (Å²) in [5.74, 6) is 1.89. The minimum absolute atomic E-state index is 0.426. The van der Waals surface area contributed by atoms with Crippen LogP contribution in [0.3, 0.4) is 0 Å². The molecule has 1 rings (SSSR count). The summed E-state index contributed by atoms with van der Waals surface area (Å²) in [5.41, 5.74) is 5.76. The predicted molar refractivity (Wildman–Crippen MR) is 64.9 cm³/mol. The van der Waals surface area contributed by atoms with Crippen LogP contribution in [-0.4, -0.2) is 29.5 Å². The van der Waals surface area contributed by atoms with Crippen LogP contribution in [0.15, 0.2) is 4.99 Å². The van der Waals surface area contributed by atoms with E-state index < -0.39 is 0 Å². The summed E-state index contributed by atoms with van der Waals surface area (Å²) in [7, 11) is 0. The minimum Gasteiger partial charge on any atom is -0.370 e. The molecule has 0 amide bonds. The number of rotatable bonds is 4. The van der Waals surface area contributed by atoms with Gasteiger partial charge in [-0.2, -0.15) is 11.8 Å². The fourth-order valence-electron chi connectivity index (χ4n) is 1.39. The Labute approximate surface area is 90.9 Å². The van der Waals surface area contributed by atoms with Crippen LogP contribution in [-0.2, 0) is 0 Å². The van der Waals surface area contributed by atoms with E-state index >= 15 is 0 Å². The zero-order chi connectivity index (χ0) is 10.4.